The predicted molar refractivity (Wildman–Crippen MR) is 95.7 cm³/mol. The highest BCUT2D eigenvalue weighted by Gasteiger charge is 2.29. The lowest BCUT2D eigenvalue weighted by Gasteiger charge is -2.36. The summed E-state index contributed by atoms with van der Waals surface area (Å²) in [5, 5.41) is 3.04. The van der Waals surface area contributed by atoms with E-state index in [9.17, 15) is 18.0 Å². The Balaban J connectivity index is 1.56. The highest BCUT2D eigenvalue weighted by Crippen LogP contribution is 2.18. The van der Waals surface area contributed by atoms with Crippen LogP contribution in [0.3, 0.4) is 0 Å². The van der Waals surface area contributed by atoms with Crippen molar-refractivity contribution in [1.82, 2.24) is 15.1 Å². The van der Waals surface area contributed by atoms with E-state index >= 15 is 0 Å². The second kappa shape index (κ2) is 7.92. The Morgan fingerprint density at radius 3 is 2.35 bits per heavy atom. The predicted octanol–water partition coefficient (Wildman–Crippen LogP) is -0.200. The number of amides is 2. The molecular weight excluding hydrogens is 360 g/mol. The fourth-order valence-electron chi connectivity index (χ4n) is 2.86. The van der Waals surface area contributed by atoms with Gasteiger partial charge in [0.2, 0.25) is 10.9 Å². The molecule has 0 unspecified atom stereocenters. The number of hydrogen-bond donors (Lipinski definition) is 3. The van der Waals surface area contributed by atoms with Crippen molar-refractivity contribution in [2.75, 3.05) is 44.0 Å². The van der Waals surface area contributed by atoms with E-state index in [0.29, 0.717) is 56.1 Å². The van der Waals surface area contributed by atoms with Crippen molar-refractivity contribution in [2.24, 2.45) is 0 Å². The molecule has 2 aliphatic rings. The van der Waals surface area contributed by atoms with Gasteiger partial charge >= 0.3 is 6.09 Å². The Kier molecular flexibility index (Phi) is 5.62. The summed E-state index contributed by atoms with van der Waals surface area (Å²) in [6, 6.07) is 4.84. The summed E-state index contributed by atoms with van der Waals surface area (Å²) in [6.07, 6.45) is -0.386. The number of hydrogen-bond acceptors (Lipinski definition) is 6. The molecule has 26 heavy (non-hydrogen) atoms. The van der Waals surface area contributed by atoms with Crippen LogP contribution in [0.2, 0.25) is 0 Å². The van der Waals surface area contributed by atoms with Gasteiger partial charge in [-0.05, 0) is 30.7 Å². The topological polar surface area (TPSA) is 108 Å². The zero-order valence-electron chi connectivity index (χ0n) is 14.4. The normalized spacial score (nSPS) is 17.8. The number of rotatable bonds is 4. The van der Waals surface area contributed by atoms with Gasteiger partial charge in [0.05, 0.1) is 5.69 Å². The molecule has 2 amide bonds. The van der Waals surface area contributed by atoms with Gasteiger partial charge in [0.1, 0.15) is 6.10 Å². The third-order valence-corrected chi connectivity index (χ3v) is 4.95. The van der Waals surface area contributed by atoms with Crippen LogP contribution in [-0.2, 0) is 15.6 Å². The molecule has 0 spiro atoms. The number of aryl methyl sites for hydroxylation is 1. The lowest BCUT2D eigenvalue weighted by atomic mass is 10.1. The first-order valence-corrected chi connectivity index (χ1v) is 9.59. The van der Waals surface area contributed by atoms with Crippen molar-refractivity contribution in [2.45, 2.75) is 13.0 Å². The Hall–Kier alpha value is -2.33. The first-order chi connectivity index (χ1) is 12.4. The number of piperazine rings is 1. The van der Waals surface area contributed by atoms with Crippen LogP contribution in [0.25, 0.3) is 0 Å². The van der Waals surface area contributed by atoms with Gasteiger partial charge in [-0.25, -0.2) is 13.2 Å². The van der Waals surface area contributed by atoms with Crippen LogP contribution in [0.5, 0.6) is 0 Å². The van der Waals surface area contributed by atoms with Crippen molar-refractivity contribution < 1.29 is 22.7 Å². The average Bonchev–Trinajstić information content (AvgIpc) is 2.59. The fraction of sp³-hybridized carbons (Fsp3) is 0.500. The van der Waals surface area contributed by atoms with E-state index in [1.54, 1.807) is 34.9 Å². The molecule has 0 aliphatic carbocycles. The zero-order valence-corrected chi connectivity index (χ0v) is 15.3. The summed E-state index contributed by atoms with van der Waals surface area (Å²) in [6.45, 7) is 4.84. The smallest absolute Gasteiger partial charge is 0.410 e. The molecular formula is C16H22N4O5S. The van der Waals surface area contributed by atoms with Gasteiger partial charge in [-0.1, -0.05) is 0 Å². The summed E-state index contributed by atoms with van der Waals surface area (Å²) < 4.78 is 29.2. The molecule has 0 saturated carbocycles. The highest BCUT2D eigenvalue weighted by atomic mass is 32.2. The molecule has 0 aromatic heterocycles. The van der Waals surface area contributed by atoms with Crippen LogP contribution < -0.4 is 10.0 Å². The number of nitrogens with one attached hydrogen (secondary N) is 2. The minimum Gasteiger partial charge on any atom is -0.443 e. The summed E-state index contributed by atoms with van der Waals surface area (Å²) >= 11 is 0. The largest absolute Gasteiger partial charge is 0.443 e. The molecule has 0 bridgehead atoms. The standard InChI is InChI=1S/C16H22N4O5S/c1-11-8-12(2-3-14(11)18-26(23)24)15(21)19-4-6-20(7-5-19)16(22)25-13-9-17-10-13/h2-3,8,13,17,26H,4-7,9-10H2,1H3,(H,18,23,24). The molecule has 142 valence electrons. The molecule has 3 rings (SSSR count). The van der Waals surface area contributed by atoms with Gasteiger partial charge in [0.15, 0.2) is 0 Å². The third-order valence-electron chi connectivity index (χ3n) is 4.52. The van der Waals surface area contributed by atoms with Crippen LogP contribution in [0.1, 0.15) is 15.9 Å². The summed E-state index contributed by atoms with van der Waals surface area (Å²) in [5.41, 5.74) is 1.62. The van der Waals surface area contributed by atoms with Gasteiger partial charge < -0.3 is 19.9 Å². The molecule has 2 N–H and O–H groups in total. The lowest BCUT2D eigenvalue weighted by molar-refractivity contribution is 0.0258. The quantitative estimate of drug-likeness (QED) is 0.623. The molecule has 0 atom stereocenters. The number of thiol groups is 1. The average molecular weight is 382 g/mol. The first-order valence-electron chi connectivity index (χ1n) is 8.41. The summed E-state index contributed by atoms with van der Waals surface area (Å²) in [7, 11) is -2.74. The first kappa shape index (κ1) is 18.5. The maximum atomic E-state index is 12.6. The van der Waals surface area contributed by atoms with Crippen molar-refractivity contribution in [3.8, 4) is 0 Å². The summed E-state index contributed by atoms with van der Waals surface area (Å²) in [5.74, 6) is -0.137. The van der Waals surface area contributed by atoms with Gasteiger partial charge in [-0.3, -0.25) is 9.52 Å². The second-order valence-corrected chi connectivity index (χ2v) is 7.08. The van der Waals surface area contributed by atoms with Crippen LogP contribution >= 0.6 is 0 Å². The summed E-state index contributed by atoms with van der Waals surface area (Å²) in [4.78, 5) is 28.0. The number of benzene rings is 1. The minimum absolute atomic E-state index is 0.0541. The van der Waals surface area contributed by atoms with Crippen LogP contribution in [0.4, 0.5) is 10.5 Å². The Bertz CT molecular complexity index is 762. The third kappa shape index (κ3) is 4.25. The van der Waals surface area contributed by atoms with Gasteiger partial charge in [-0.15, -0.1) is 0 Å². The lowest BCUT2D eigenvalue weighted by Crippen LogP contribution is -2.54. The van der Waals surface area contributed by atoms with Crippen molar-refractivity contribution in [1.29, 1.82) is 0 Å². The molecule has 2 aliphatic heterocycles. The molecule has 1 aromatic carbocycles. The van der Waals surface area contributed by atoms with E-state index in [2.05, 4.69) is 10.0 Å². The zero-order chi connectivity index (χ0) is 18.7. The number of ether oxygens (including phenoxy) is 1. The van der Waals surface area contributed by atoms with Crippen molar-refractivity contribution in [3.63, 3.8) is 0 Å². The van der Waals surface area contributed by atoms with Crippen LogP contribution in [-0.4, -0.2) is 75.6 Å². The molecule has 10 heteroatoms. The van der Waals surface area contributed by atoms with Crippen molar-refractivity contribution >= 4 is 28.6 Å². The van der Waals surface area contributed by atoms with E-state index in [0.717, 1.165) is 0 Å². The molecule has 9 nitrogen and oxygen atoms in total. The van der Waals surface area contributed by atoms with Crippen LogP contribution in [0, 0.1) is 6.92 Å². The molecule has 1 aromatic rings. The Morgan fingerprint density at radius 1 is 1.15 bits per heavy atom. The maximum absolute atomic E-state index is 12.6. The van der Waals surface area contributed by atoms with E-state index in [4.69, 9.17) is 4.74 Å². The Labute approximate surface area is 153 Å². The second-order valence-electron chi connectivity index (χ2n) is 6.34. The molecule has 2 fully saturated rings. The van der Waals surface area contributed by atoms with E-state index in [1.807, 2.05) is 0 Å². The van der Waals surface area contributed by atoms with Crippen molar-refractivity contribution in [3.05, 3.63) is 29.3 Å². The number of carbonyl (C=O) groups is 2. The van der Waals surface area contributed by atoms with Gasteiger partial charge in [0, 0.05) is 44.8 Å². The van der Waals surface area contributed by atoms with Gasteiger partial charge in [-0.2, -0.15) is 0 Å². The SMILES string of the molecule is Cc1cc(C(=O)N2CCN(C(=O)OC3CNC3)CC2)ccc1N[SH](=O)=O. The monoisotopic (exact) mass is 382 g/mol. The Morgan fingerprint density at radius 2 is 1.81 bits per heavy atom. The number of carbonyl (C=O) groups excluding carboxylic acids is 2. The van der Waals surface area contributed by atoms with E-state index in [1.165, 1.54) is 0 Å². The fourth-order valence-corrected chi connectivity index (χ4v) is 3.31. The minimum atomic E-state index is -2.74. The number of nitrogens with zero attached hydrogens (tertiary/aromatic N) is 2. The molecule has 2 saturated heterocycles. The number of anilines is 1. The molecule has 0 radical (unpaired) electrons. The van der Waals surface area contributed by atoms with E-state index in [-0.39, 0.29) is 18.1 Å². The molecule has 2 heterocycles. The van der Waals surface area contributed by atoms with Gasteiger partial charge in [0.25, 0.3) is 5.91 Å². The maximum Gasteiger partial charge on any atom is 0.410 e. The van der Waals surface area contributed by atoms with Crippen LogP contribution in [0.15, 0.2) is 18.2 Å². The van der Waals surface area contributed by atoms with E-state index < -0.39 is 10.9 Å². The highest BCUT2D eigenvalue weighted by molar-refractivity contribution is 7.73.